The Morgan fingerprint density at radius 2 is 1.44 bits per heavy atom. The Balaban J connectivity index is 2.11. The summed E-state index contributed by atoms with van der Waals surface area (Å²) in [6.07, 6.45) is 8.31. The van der Waals surface area contributed by atoms with E-state index >= 15 is 0 Å². The van der Waals surface area contributed by atoms with Gasteiger partial charge in [0.05, 0.1) is 0 Å². The molecule has 2 heterocycles. The molecule has 3 heteroatoms. The standard InChI is InChI=1S/C13H17N3/c1-14(2)13-6-10-16(11-7-13)12-15-8-4-3-5-9-15/h3-11H,12H2,1-2H3/q+2. The van der Waals surface area contributed by atoms with Gasteiger partial charge in [-0.3, -0.25) is 0 Å². The molecule has 0 unspecified atom stereocenters. The Labute approximate surface area is 96.2 Å². The lowest BCUT2D eigenvalue weighted by Crippen LogP contribution is -2.50. The fourth-order valence-electron chi connectivity index (χ4n) is 1.56. The Bertz CT molecular complexity index is 434. The summed E-state index contributed by atoms with van der Waals surface area (Å²) in [4.78, 5) is 2.10. The third-order valence-corrected chi connectivity index (χ3v) is 2.49. The van der Waals surface area contributed by atoms with Crippen LogP contribution in [0.4, 0.5) is 5.69 Å². The van der Waals surface area contributed by atoms with E-state index in [4.69, 9.17) is 0 Å². The molecule has 0 bridgehead atoms. The molecule has 2 rings (SSSR count). The van der Waals surface area contributed by atoms with Crippen LogP contribution in [0.1, 0.15) is 0 Å². The molecular formula is C13H17N3+2. The van der Waals surface area contributed by atoms with Gasteiger partial charge < -0.3 is 4.90 Å². The lowest BCUT2D eigenvalue weighted by atomic mass is 10.4. The van der Waals surface area contributed by atoms with Crippen LogP contribution < -0.4 is 14.0 Å². The van der Waals surface area contributed by atoms with Crippen molar-refractivity contribution in [2.75, 3.05) is 19.0 Å². The van der Waals surface area contributed by atoms with Gasteiger partial charge in [0.1, 0.15) is 0 Å². The van der Waals surface area contributed by atoms with Gasteiger partial charge in [0, 0.05) is 44.0 Å². The minimum Gasteiger partial charge on any atom is -0.377 e. The molecule has 3 nitrogen and oxygen atoms in total. The minimum atomic E-state index is 0.842. The highest BCUT2D eigenvalue weighted by Gasteiger charge is 2.06. The fourth-order valence-corrected chi connectivity index (χ4v) is 1.56. The van der Waals surface area contributed by atoms with Crippen LogP contribution in [-0.2, 0) is 6.67 Å². The number of aromatic nitrogens is 2. The fraction of sp³-hybridized carbons (Fsp3) is 0.231. The Hall–Kier alpha value is -1.90. The van der Waals surface area contributed by atoms with E-state index in [1.54, 1.807) is 0 Å². The summed E-state index contributed by atoms with van der Waals surface area (Å²) >= 11 is 0. The summed E-state index contributed by atoms with van der Waals surface area (Å²) in [6.45, 7) is 0.842. The molecule has 0 fully saturated rings. The van der Waals surface area contributed by atoms with E-state index in [-0.39, 0.29) is 0 Å². The van der Waals surface area contributed by atoms with Gasteiger partial charge in [-0.05, 0) is 0 Å². The molecule has 0 amide bonds. The highest BCUT2D eigenvalue weighted by Crippen LogP contribution is 2.05. The molecule has 2 aromatic heterocycles. The van der Waals surface area contributed by atoms with Crippen LogP contribution in [0.25, 0.3) is 0 Å². The van der Waals surface area contributed by atoms with Gasteiger partial charge in [-0.2, -0.15) is 0 Å². The first kappa shape index (κ1) is 10.6. The highest BCUT2D eigenvalue weighted by molar-refractivity contribution is 5.41. The lowest BCUT2D eigenvalue weighted by Gasteiger charge is -2.09. The lowest BCUT2D eigenvalue weighted by molar-refractivity contribution is -0.913. The number of hydrogen-bond donors (Lipinski definition) is 0. The second-order valence-corrected chi connectivity index (χ2v) is 4.00. The second kappa shape index (κ2) is 4.75. The molecule has 0 saturated heterocycles. The van der Waals surface area contributed by atoms with E-state index in [2.05, 4.69) is 51.0 Å². The molecule has 82 valence electrons. The minimum absolute atomic E-state index is 0.842. The van der Waals surface area contributed by atoms with Crippen molar-refractivity contribution in [3.8, 4) is 0 Å². The number of rotatable bonds is 3. The Morgan fingerprint density at radius 1 is 0.875 bits per heavy atom. The van der Waals surface area contributed by atoms with Crippen LogP contribution in [0.3, 0.4) is 0 Å². The summed E-state index contributed by atoms with van der Waals surface area (Å²) in [5.74, 6) is 0. The summed E-state index contributed by atoms with van der Waals surface area (Å²) < 4.78 is 4.28. The van der Waals surface area contributed by atoms with E-state index in [0.29, 0.717) is 0 Å². The van der Waals surface area contributed by atoms with Gasteiger partial charge in [-0.1, -0.05) is 6.07 Å². The predicted octanol–water partition coefficient (Wildman–Crippen LogP) is 0.833. The van der Waals surface area contributed by atoms with Gasteiger partial charge in [-0.25, -0.2) is 0 Å². The summed E-state index contributed by atoms with van der Waals surface area (Å²) in [5.41, 5.74) is 1.22. The maximum absolute atomic E-state index is 2.15. The largest absolute Gasteiger partial charge is 0.377 e. The van der Waals surface area contributed by atoms with Crippen LogP contribution in [0, 0.1) is 0 Å². The first-order valence-electron chi connectivity index (χ1n) is 5.36. The molecule has 0 aliphatic rings. The van der Waals surface area contributed by atoms with E-state index in [9.17, 15) is 0 Å². The van der Waals surface area contributed by atoms with Gasteiger partial charge in [0.2, 0.25) is 0 Å². The van der Waals surface area contributed by atoms with Crippen molar-refractivity contribution in [2.45, 2.75) is 6.67 Å². The van der Waals surface area contributed by atoms with Crippen molar-refractivity contribution in [1.82, 2.24) is 0 Å². The molecule has 0 aromatic carbocycles. The van der Waals surface area contributed by atoms with E-state index in [1.807, 2.05) is 32.3 Å². The Kier molecular flexibility index (Phi) is 3.15. The van der Waals surface area contributed by atoms with Gasteiger partial charge in [0.25, 0.3) is 0 Å². The molecule has 0 spiro atoms. The maximum atomic E-state index is 2.15. The molecule has 2 aromatic rings. The van der Waals surface area contributed by atoms with Crippen LogP contribution in [0.2, 0.25) is 0 Å². The zero-order valence-electron chi connectivity index (χ0n) is 9.74. The molecule has 0 atom stereocenters. The number of hydrogen-bond acceptors (Lipinski definition) is 1. The first-order chi connectivity index (χ1) is 7.75. The zero-order valence-corrected chi connectivity index (χ0v) is 9.74. The van der Waals surface area contributed by atoms with Crippen LogP contribution in [0.5, 0.6) is 0 Å². The van der Waals surface area contributed by atoms with Crippen molar-refractivity contribution in [3.05, 3.63) is 55.1 Å². The monoisotopic (exact) mass is 215 g/mol. The van der Waals surface area contributed by atoms with Crippen LogP contribution in [-0.4, -0.2) is 14.1 Å². The average Bonchev–Trinajstić information content (AvgIpc) is 2.31. The predicted molar refractivity (Wildman–Crippen MR) is 63.0 cm³/mol. The highest BCUT2D eigenvalue weighted by atomic mass is 15.1. The second-order valence-electron chi connectivity index (χ2n) is 4.00. The topological polar surface area (TPSA) is 11.0 Å². The molecule has 0 radical (unpaired) electrons. The third-order valence-electron chi connectivity index (χ3n) is 2.49. The summed E-state index contributed by atoms with van der Waals surface area (Å²) in [7, 11) is 4.09. The summed E-state index contributed by atoms with van der Waals surface area (Å²) in [6, 6.07) is 10.3. The number of anilines is 1. The van der Waals surface area contributed by atoms with Gasteiger partial charge in [0.15, 0.2) is 24.8 Å². The average molecular weight is 215 g/mol. The summed E-state index contributed by atoms with van der Waals surface area (Å²) in [5, 5.41) is 0. The molecule has 0 aliphatic carbocycles. The maximum Gasteiger partial charge on any atom is 0.343 e. The van der Waals surface area contributed by atoms with E-state index < -0.39 is 0 Å². The van der Waals surface area contributed by atoms with Crippen molar-refractivity contribution in [3.63, 3.8) is 0 Å². The Morgan fingerprint density at radius 3 is 2.00 bits per heavy atom. The molecule has 0 aliphatic heterocycles. The normalized spacial score (nSPS) is 10.1. The zero-order chi connectivity index (χ0) is 11.4. The molecular weight excluding hydrogens is 198 g/mol. The van der Waals surface area contributed by atoms with Crippen molar-refractivity contribution in [2.24, 2.45) is 0 Å². The first-order valence-corrected chi connectivity index (χ1v) is 5.36. The van der Waals surface area contributed by atoms with Crippen molar-refractivity contribution < 1.29 is 9.13 Å². The number of pyridine rings is 2. The quantitative estimate of drug-likeness (QED) is 0.690. The number of nitrogens with zero attached hydrogens (tertiary/aromatic N) is 3. The van der Waals surface area contributed by atoms with E-state index in [0.717, 1.165) is 6.67 Å². The molecule has 0 saturated carbocycles. The van der Waals surface area contributed by atoms with Gasteiger partial charge in [-0.15, -0.1) is 9.13 Å². The van der Waals surface area contributed by atoms with Gasteiger partial charge >= 0.3 is 6.67 Å². The van der Waals surface area contributed by atoms with Crippen LogP contribution in [0.15, 0.2) is 55.1 Å². The van der Waals surface area contributed by atoms with Crippen LogP contribution >= 0.6 is 0 Å². The van der Waals surface area contributed by atoms with E-state index in [1.165, 1.54) is 5.69 Å². The molecule has 0 N–H and O–H groups in total. The smallest absolute Gasteiger partial charge is 0.343 e. The third kappa shape index (κ3) is 2.57. The van der Waals surface area contributed by atoms with Crippen molar-refractivity contribution >= 4 is 5.69 Å². The molecule has 16 heavy (non-hydrogen) atoms. The SMILES string of the molecule is CN(C)c1cc[n+](C[n+]2ccccc2)cc1. The van der Waals surface area contributed by atoms with Crippen molar-refractivity contribution in [1.29, 1.82) is 0 Å².